The number of hydrogen-bond donors (Lipinski definition) is 3. The fourth-order valence-corrected chi connectivity index (χ4v) is 3.66. The molecule has 1 aliphatic carbocycles. The van der Waals surface area contributed by atoms with Gasteiger partial charge in [-0.25, -0.2) is 13.1 Å². The first-order valence-electron chi connectivity index (χ1n) is 7.29. The van der Waals surface area contributed by atoms with Gasteiger partial charge in [0.15, 0.2) is 0 Å². The molecular formula is C14H24N2O4S. The molecule has 0 radical (unpaired) electrons. The van der Waals surface area contributed by atoms with E-state index in [0.29, 0.717) is 18.2 Å². The summed E-state index contributed by atoms with van der Waals surface area (Å²) in [4.78, 5) is 0. The first kappa shape index (κ1) is 16.5. The predicted molar refractivity (Wildman–Crippen MR) is 79.2 cm³/mol. The third kappa shape index (κ3) is 3.85. The van der Waals surface area contributed by atoms with Gasteiger partial charge in [-0.2, -0.15) is 0 Å². The highest BCUT2D eigenvalue weighted by molar-refractivity contribution is 7.89. The zero-order chi connectivity index (χ0) is 15.5. The highest BCUT2D eigenvalue weighted by Crippen LogP contribution is 2.32. The van der Waals surface area contributed by atoms with Crippen LogP contribution in [0.4, 0.5) is 0 Å². The van der Waals surface area contributed by atoms with Crippen molar-refractivity contribution in [3.05, 3.63) is 17.9 Å². The molecule has 0 bridgehead atoms. The smallest absolute Gasteiger partial charge is 0.273 e. The maximum Gasteiger partial charge on any atom is 0.273 e. The Hall–Kier alpha value is -0.890. The minimum absolute atomic E-state index is 0.0831. The molecular weight excluding hydrogens is 292 g/mol. The molecule has 2 atom stereocenters. The minimum Gasteiger partial charge on any atom is -0.447 e. The third-order valence-corrected chi connectivity index (χ3v) is 5.49. The molecule has 0 aromatic carbocycles. The van der Waals surface area contributed by atoms with Crippen molar-refractivity contribution >= 4 is 10.0 Å². The summed E-state index contributed by atoms with van der Waals surface area (Å²) in [5.74, 6) is 1.13. The number of sulfonamides is 1. The van der Waals surface area contributed by atoms with Crippen molar-refractivity contribution in [3.63, 3.8) is 0 Å². The number of rotatable bonds is 6. The van der Waals surface area contributed by atoms with Crippen LogP contribution in [0.15, 0.2) is 21.6 Å². The maximum atomic E-state index is 11.6. The third-order valence-electron chi connectivity index (χ3n) is 4.20. The molecule has 1 aliphatic rings. The van der Waals surface area contributed by atoms with Gasteiger partial charge >= 0.3 is 0 Å². The Labute approximate surface area is 126 Å². The van der Waals surface area contributed by atoms with Gasteiger partial charge in [0.2, 0.25) is 5.09 Å². The van der Waals surface area contributed by atoms with Crippen molar-refractivity contribution in [2.45, 2.75) is 49.8 Å². The Kier molecular flexibility index (Phi) is 5.08. The molecule has 1 aromatic rings. The molecule has 1 aromatic heterocycles. The molecule has 6 nitrogen and oxygen atoms in total. The lowest BCUT2D eigenvalue weighted by Gasteiger charge is -2.39. The highest BCUT2D eigenvalue weighted by atomic mass is 32.2. The highest BCUT2D eigenvalue weighted by Gasteiger charge is 2.34. The molecule has 0 saturated heterocycles. The average Bonchev–Trinajstić information content (AvgIpc) is 2.95. The summed E-state index contributed by atoms with van der Waals surface area (Å²) < 4.78 is 30.8. The van der Waals surface area contributed by atoms with Gasteiger partial charge in [0.05, 0.1) is 13.2 Å². The number of furan rings is 1. The van der Waals surface area contributed by atoms with Gasteiger partial charge in [0, 0.05) is 5.54 Å². The summed E-state index contributed by atoms with van der Waals surface area (Å²) in [6.45, 7) is 2.68. The van der Waals surface area contributed by atoms with Crippen molar-refractivity contribution in [1.29, 1.82) is 0 Å². The second kappa shape index (κ2) is 6.48. The van der Waals surface area contributed by atoms with Gasteiger partial charge < -0.3 is 14.8 Å². The standard InChI is InChI=1S/C14H24N2O4S/c1-11-4-3-7-14(8-11,10-17)16-9-12-5-6-13(20-12)21(18,19)15-2/h5-6,11,15-17H,3-4,7-10H2,1-2H3. The Bertz CT molecular complexity index is 569. The lowest BCUT2D eigenvalue weighted by atomic mass is 9.77. The van der Waals surface area contributed by atoms with Crippen LogP contribution in [-0.4, -0.2) is 32.7 Å². The van der Waals surface area contributed by atoms with E-state index in [-0.39, 0.29) is 17.2 Å². The minimum atomic E-state index is -3.54. The lowest BCUT2D eigenvalue weighted by molar-refractivity contribution is 0.0960. The SMILES string of the molecule is CNS(=O)(=O)c1ccc(CNC2(CO)CCCC(C)C2)o1. The molecule has 0 spiro atoms. The molecule has 2 rings (SSSR count). The van der Waals surface area contributed by atoms with Crippen molar-refractivity contribution in [1.82, 2.24) is 10.0 Å². The van der Waals surface area contributed by atoms with Gasteiger partial charge in [0.1, 0.15) is 5.76 Å². The van der Waals surface area contributed by atoms with Crippen LogP contribution in [0.25, 0.3) is 0 Å². The Morgan fingerprint density at radius 1 is 1.48 bits per heavy atom. The lowest BCUT2D eigenvalue weighted by Crippen LogP contribution is -2.51. The molecule has 0 amide bonds. The number of aliphatic hydroxyl groups is 1. The largest absolute Gasteiger partial charge is 0.447 e. The van der Waals surface area contributed by atoms with Crippen molar-refractivity contribution in [2.24, 2.45) is 5.92 Å². The van der Waals surface area contributed by atoms with Gasteiger partial charge in [-0.1, -0.05) is 19.8 Å². The van der Waals surface area contributed by atoms with E-state index < -0.39 is 10.0 Å². The van der Waals surface area contributed by atoms with Crippen LogP contribution in [0, 0.1) is 5.92 Å². The average molecular weight is 316 g/mol. The fourth-order valence-electron chi connectivity index (χ4n) is 2.99. The van der Waals surface area contributed by atoms with Gasteiger partial charge in [-0.15, -0.1) is 0 Å². The summed E-state index contributed by atoms with van der Waals surface area (Å²) in [5, 5.41) is 13.0. The summed E-state index contributed by atoms with van der Waals surface area (Å²) in [7, 11) is -2.20. The number of aliphatic hydroxyl groups excluding tert-OH is 1. The molecule has 21 heavy (non-hydrogen) atoms. The van der Waals surface area contributed by atoms with Crippen LogP contribution in [0.1, 0.15) is 38.4 Å². The topological polar surface area (TPSA) is 91.6 Å². The van der Waals surface area contributed by atoms with E-state index in [4.69, 9.17) is 4.42 Å². The van der Waals surface area contributed by atoms with Gasteiger partial charge in [-0.05, 0) is 37.9 Å². The van der Waals surface area contributed by atoms with Crippen LogP contribution in [-0.2, 0) is 16.6 Å². The van der Waals surface area contributed by atoms with Crippen LogP contribution in [0.3, 0.4) is 0 Å². The summed E-state index contributed by atoms with van der Waals surface area (Å²) >= 11 is 0. The second-order valence-electron chi connectivity index (χ2n) is 5.92. The fraction of sp³-hybridized carbons (Fsp3) is 0.714. The van der Waals surface area contributed by atoms with Crippen LogP contribution < -0.4 is 10.0 Å². The van der Waals surface area contributed by atoms with E-state index in [9.17, 15) is 13.5 Å². The molecule has 7 heteroatoms. The van der Waals surface area contributed by atoms with Crippen LogP contribution in [0.2, 0.25) is 0 Å². The zero-order valence-corrected chi connectivity index (χ0v) is 13.4. The molecule has 1 fully saturated rings. The Morgan fingerprint density at radius 3 is 2.86 bits per heavy atom. The van der Waals surface area contributed by atoms with Crippen molar-refractivity contribution < 1.29 is 17.9 Å². The van der Waals surface area contributed by atoms with Gasteiger partial charge in [0.25, 0.3) is 10.0 Å². The summed E-state index contributed by atoms with van der Waals surface area (Å²) in [6.07, 6.45) is 4.13. The first-order valence-corrected chi connectivity index (χ1v) is 8.77. The van der Waals surface area contributed by atoms with E-state index in [1.807, 2.05) is 0 Å². The normalized spacial score (nSPS) is 26.9. The molecule has 3 N–H and O–H groups in total. The van der Waals surface area contributed by atoms with Crippen LogP contribution in [0.5, 0.6) is 0 Å². The Balaban J connectivity index is 2.02. The van der Waals surface area contributed by atoms with E-state index in [1.54, 1.807) is 6.07 Å². The van der Waals surface area contributed by atoms with E-state index in [0.717, 1.165) is 19.3 Å². The van der Waals surface area contributed by atoms with Gasteiger partial charge in [-0.3, -0.25) is 0 Å². The second-order valence-corrected chi connectivity index (χ2v) is 7.74. The number of hydrogen-bond acceptors (Lipinski definition) is 5. The van der Waals surface area contributed by atoms with Crippen molar-refractivity contribution in [2.75, 3.05) is 13.7 Å². The number of nitrogens with one attached hydrogen (secondary N) is 2. The zero-order valence-electron chi connectivity index (χ0n) is 12.6. The molecule has 120 valence electrons. The summed E-state index contributed by atoms with van der Waals surface area (Å²) in [6, 6.07) is 3.09. The summed E-state index contributed by atoms with van der Waals surface area (Å²) in [5.41, 5.74) is -0.285. The van der Waals surface area contributed by atoms with Crippen molar-refractivity contribution in [3.8, 4) is 0 Å². The first-order chi connectivity index (χ1) is 9.91. The van der Waals surface area contributed by atoms with E-state index in [1.165, 1.54) is 19.5 Å². The van der Waals surface area contributed by atoms with E-state index >= 15 is 0 Å². The van der Waals surface area contributed by atoms with E-state index in [2.05, 4.69) is 17.0 Å². The van der Waals surface area contributed by atoms with Crippen LogP contribution >= 0.6 is 0 Å². The maximum absolute atomic E-state index is 11.6. The molecule has 1 saturated carbocycles. The molecule has 2 unspecified atom stereocenters. The quantitative estimate of drug-likeness (QED) is 0.734. The molecule has 0 aliphatic heterocycles. The monoisotopic (exact) mass is 316 g/mol. The molecule has 1 heterocycles. The Morgan fingerprint density at radius 2 is 2.24 bits per heavy atom. The predicted octanol–water partition coefficient (Wildman–Crippen LogP) is 1.22.